The van der Waals surface area contributed by atoms with E-state index in [1.807, 2.05) is 20.8 Å². The highest BCUT2D eigenvalue weighted by Crippen LogP contribution is 2.33. The Morgan fingerprint density at radius 2 is 1.87 bits per heavy atom. The molecule has 4 rings (SSSR count). The molecule has 2 N–H and O–H groups in total. The van der Waals surface area contributed by atoms with Crippen LogP contribution in [0.3, 0.4) is 0 Å². The maximum atomic E-state index is 13.0. The number of carbonyl (C=O) groups is 3. The lowest BCUT2D eigenvalue weighted by atomic mass is 10.0. The number of hydrogen-bond donors (Lipinski definition) is 2. The van der Waals surface area contributed by atoms with E-state index >= 15 is 0 Å². The van der Waals surface area contributed by atoms with Gasteiger partial charge in [-0.25, -0.2) is 19.6 Å². The molecule has 1 saturated heterocycles. The van der Waals surface area contributed by atoms with Gasteiger partial charge < -0.3 is 19.8 Å². The van der Waals surface area contributed by atoms with Gasteiger partial charge in [-0.05, 0) is 71.2 Å². The average Bonchev–Trinajstić information content (AvgIpc) is 3.34. The van der Waals surface area contributed by atoms with Gasteiger partial charge in [0.2, 0.25) is 0 Å². The van der Waals surface area contributed by atoms with Crippen molar-refractivity contribution in [3.8, 4) is 11.3 Å². The monoisotopic (exact) mass is 519 g/mol. The van der Waals surface area contributed by atoms with Crippen LogP contribution < -0.4 is 5.32 Å². The summed E-state index contributed by atoms with van der Waals surface area (Å²) in [6.45, 7) is 7.95. The summed E-state index contributed by atoms with van der Waals surface area (Å²) in [5, 5.41) is 2.75. The Morgan fingerprint density at radius 3 is 2.53 bits per heavy atom. The molecule has 1 atom stereocenters. The van der Waals surface area contributed by atoms with Gasteiger partial charge in [0.1, 0.15) is 22.9 Å². The SMILES string of the molecule is CCOC(=O)c1[nH]c(C2CCCCN2C(=O)OC(C)(C)C)nc1-c1ccc(C(=O)Nc2ccccn2)cc1. The number of pyridine rings is 1. The van der Waals surface area contributed by atoms with Crippen LogP contribution >= 0.6 is 0 Å². The number of ether oxygens (including phenoxy) is 2. The van der Waals surface area contributed by atoms with Gasteiger partial charge in [0, 0.05) is 23.9 Å². The second kappa shape index (κ2) is 11.5. The van der Waals surface area contributed by atoms with Crippen LogP contribution in [0.15, 0.2) is 48.7 Å². The maximum Gasteiger partial charge on any atom is 0.410 e. The van der Waals surface area contributed by atoms with E-state index in [1.54, 1.807) is 60.5 Å². The maximum absolute atomic E-state index is 13.0. The number of imidazole rings is 1. The number of likely N-dealkylation sites (tertiary alicyclic amines) is 1. The Balaban J connectivity index is 1.63. The molecular formula is C28H33N5O5. The molecule has 0 spiro atoms. The summed E-state index contributed by atoms with van der Waals surface area (Å²) < 4.78 is 10.9. The summed E-state index contributed by atoms with van der Waals surface area (Å²) in [6.07, 6.45) is 3.63. The van der Waals surface area contributed by atoms with E-state index in [-0.39, 0.29) is 24.2 Å². The van der Waals surface area contributed by atoms with Gasteiger partial charge in [-0.1, -0.05) is 18.2 Å². The number of nitrogens with zero attached hydrogens (tertiary/aromatic N) is 3. The number of carbonyl (C=O) groups excluding carboxylic acids is 3. The van der Waals surface area contributed by atoms with Gasteiger partial charge in [0.15, 0.2) is 5.69 Å². The molecule has 1 unspecified atom stereocenters. The van der Waals surface area contributed by atoms with Crippen molar-refractivity contribution >= 4 is 23.8 Å². The molecule has 3 aromatic rings. The third kappa shape index (κ3) is 6.37. The van der Waals surface area contributed by atoms with Crippen LogP contribution in [0.1, 0.15) is 79.7 Å². The normalized spacial score (nSPS) is 15.6. The molecule has 1 aliphatic heterocycles. The van der Waals surface area contributed by atoms with E-state index in [1.165, 1.54) is 0 Å². The van der Waals surface area contributed by atoms with Crippen LogP contribution in [0.4, 0.5) is 10.6 Å². The first-order chi connectivity index (χ1) is 18.2. The smallest absolute Gasteiger partial charge is 0.410 e. The Hall–Kier alpha value is -4.21. The Bertz CT molecular complexity index is 1280. The molecule has 0 aliphatic carbocycles. The molecule has 10 heteroatoms. The van der Waals surface area contributed by atoms with Crippen molar-refractivity contribution in [1.29, 1.82) is 0 Å². The summed E-state index contributed by atoms with van der Waals surface area (Å²) in [6, 6.07) is 11.6. The quantitative estimate of drug-likeness (QED) is 0.420. The zero-order valence-electron chi connectivity index (χ0n) is 22.1. The molecular weight excluding hydrogens is 486 g/mol. The number of rotatable bonds is 6. The van der Waals surface area contributed by atoms with Crippen LogP contribution in [-0.4, -0.2) is 56.6 Å². The van der Waals surface area contributed by atoms with Crippen molar-refractivity contribution < 1.29 is 23.9 Å². The second-order valence-electron chi connectivity index (χ2n) is 10.00. The Kier molecular flexibility index (Phi) is 8.09. The highest BCUT2D eigenvalue weighted by molar-refractivity contribution is 6.04. The van der Waals surface area contributed by atoms with E-state index < -0.39 is 17.7 Å². The van der Waals surface area contributed by atoms with E-state index in [0.717, 1.165) is 12.8 Å². The van der Waals surface area contributed by atoms with Gasteiger partial charge >= 0.3 is 12.1 Å². The molecule has 0 radical (unpaired) electrons. The fraction of sp³-hybridized carbons (Fsp3) is 0.393. The number of aromatic nitrogens is 3. The predicted molar refractivity (Wildman–Crippen MR) is 142 cm³/mol. The number of aromatic amines is 1. The molecule has 2 amide bonds. The summed E-state index contributed by atoms with van der Waals surface area (Å²) >= 11 is 0. The fourth-order valence-electron chi connectivity index (χ4n) is 4.27. The first-order valence-electron chi connectivity index (χ1n) is 12.8. The lowest BCUT2D eigenvalue weighted by Gasteiger charge is -2.35. The van der Waals surface area contributed by atoms with E-state index in [2.05, 4.69) is 15.3 Å². The third-order valence-electron chi connectivity index (χ3n) is 5.98. The third-order valence-corrected chi connectivity index (χ3v) is 5.98. The van der Waals surface area contributed by atoms with Crippen molar-refractivity contribution in [2.75, 3.05) is 18.5 Å². The highest BCUT2D eigenvalue weighted by atomic mass is 16.6. The van der Waals surface area contributed by atoms with Crippen LogP contribution in [0.2, 0.25) is 0 Å². The first kappa shape index (κ1) is 26.8. The lowest BCUT2D eigenvalue weighted by Crippen LogP contribution is -2.42. The minimum absolute atomic E-state index is 0.197. The minimum atomic E-state index is -0.631. The van der Waals surface area contributed by atoms with E-state index in [9.17, 15) is 14.4 Å². The topological polar surface area (TPSA) is 127 Å². The molecule has 3 heterocycles. The molecule has 38 heavy (non-hydrogen) atoms. The zero-order valence-corrected chi connectivity index (χ0v) is 22.1. The van der Waals surface area contributed by atoms with E-state index in [0.29, 0.717) is 41.4 Å². The van der Waals surface area contributed by atoms with Gasteiger partial charge in [-0.2, -0.15) is 0 Å². The summed E-state index contributed by atoms with van der Waals surface area (Å²) in [5.41, 5.74) is 1.02. The number of H-pyrrole nitrogens is 1. The van der Waals surface area contributed by atoms with Crippen molar-refractivity contribution in [2.45, 2.75) is 58.6 Å². The fourth-order valence-corrected chi connectivity index (χ4v) is 4.27. The molecule has 10 nitrogen and oxygen atoms in total. The number of esters is 1. The highest BCUT2D eigenvalue weighted by Gasteiger charge is 2.34. The molecule has 1 fully saturated rings. The van der Waals surface area contributed by atoms with Gasteiger partial charge in [-0.3, -0.25) is 9.69 Å². The van der Waals surface area contributed by atoms with Crippen LogP contribution in [0.5, 0.6) is 0 Å². The number of piperidine rings is 1. The van der Waals surface area contributed by atoms with Gasteiger partial charge in [-0.15, -0.1) is 0 Å². The number of anilines is 1. The molecule has 0 bridgehead atoms. The number of amides is 2. The lowest BCUT2D eigenvalue weighted by molar-refractivity contribution is 0.00853. The molecule has 1 aliphatic rings. The summed E-state index contributed by atoms with van der Waals surface area (Å²) in [5.74, 6) is 0.0902. The first-order valence-corrected chi connectivity index (χ1v) is 12.8. The van der Waals surface area contributed by atoms with E-state index in [4.69, 9.17) is 14.5 Å². The summed E-state index contributed by atoms with van der Waals surface area (Å²) in [7, 11) is 0. The van der Waals surface area contributed by atoms with Crippen LogP contribution in [0, 0.1) is 0 Å². The molecule has 200 valence electrons. The van der Waals surface area contributed by atoms with Crippen molar-refractivity contribution in [2.24, 2.45) is 0 Å². The molecule has 1 aromatic carbocycles. The van der Waals surface area contributed by atoms with Gasteiger partial charge in [0.25, 0.3) is 5.91 Å². The molecule has 0 saturated carbocycles. The number of benzene rings is 1. The van der Waals surface area contributed by atoms with Crippen molar-refractivity contribution in [3.63, 3.8) is 0 Å². The number of hydrogen-bond acceptors (Lipinski definition) is 7. The predicted octanol–water partition coefficient (Wildman–Crippen LogP) is 5.36. The Morgan fingerprint density at radius 1 is 1.11 bits per heavy atom. The van der Waals surface area contributed by atoms with Crippen molar-refractivity contribution in [3.05, 3.63) is 65.7 Å². The standard InChI is InChI=1S/C28H33N5O5/c1-5-37-26(35)23-22(18-12-14-19(15-13-18)25(34)30-21-11-6-8-16-29-21)31-24(32-23)20-10-7-9-17-33(20)27(36)38-28(2,3)4/h6,8,11-16,20H,5,7,9-10,17H2,1-4H3,(H,31,32)(H,29,30,34). The van der Waals surface area contributed by atoms with Crippen molar-refractivity contribution in [1.82, 2.24) is 19.9 Å². The van der Waals surface area contributed by atoms with Crippen LogP contribution in [-0.2, 0) is 9.47 Å². The summed E-state index contributed by atoms with van der Waals surface area (Å²) in [4.78, 5) is 52.1. The average molecular weight is 520 g/mol. The number of nitrogens with one attached hydrogen (secondary N) is 2. The largest absolute Gasteiger partial charge is 0.461 e. The minimum Gasteiger partial charge on any atom is -0.461 e. The zero-order chi connectivity index (χ0) is 27.3. The molecule has 2 aromatic heterocycles. The Labute approximate surface area is 221 Å². The van der Waals surface area contributed by atoms with Gasteiger partial charge in [0.05, 0.1) is 12.6 Å². The second-order valence-corrected chi connectivity index (χ2v) is 10.00. The van der Waals surface area contributed by atoms with Crippen LogP contribution in [0.25, 0.3) is 11.3 Å².